The maximum absolute atomic E-state index is 13.3. The number of nitrogens with one attached hydrogen (secondary N) is 2. The van der Waals surface area contributed by atoms with Gasteiger partial charge in [-0.2, -0.15) is 0 Å². The van der Waals surface area contributed by atoms with E-state index in [2.05, 4.69) is 32.4 Å². The molecule has 0 bridgehead atoms. The summed E-state index contributed by atoms with van der Waals surface area (Å²) in [4.78, 5) is 50.5. The number of likely N-dealkylation sites (N-methyl/N-ethyl adjacent to an activating group) is 1. The van der Waals surface area contributed by atoms with Gasteiger partial charge in [0.2, 0.25) is 11.8 Å². The number of rotatable bonds is 6. The topological polar surface area (TPSA) is 107 Å². The zero-order valence-electron chi connectivity index (χ0n) is 23.7. The summed E-state index contributed by atoms with van der Waals surface area (Å²) in [6, 6.07) is 15.3. The largest absolute Gasteiger partial charge is 0.465 e. The number of piperazine rings is 1. The van der Waals surface area contributed by atoms with Gasteiger partial charge in [0, 0.05) is 50.5 Å². The number of aliphatic imine (C=N–C) groups is 1. The first-order valence-corrected chi connectivity index (χ1v) is 14.5. The third-order valence-corrected chi connectivity index (χ3v) is 8.91. The quantitative estimate of drug-likeness (QED) is 0.412. The fraction of sp³-hybridized carbons (Fsp3) is 0.484. The van der Waals surface area contributed by atoms with Crippen molar-refractivity contribution in [1.29, 1.82) is 0 Å². The number of fused-ring (bicyclic) bond motifs is 2. The van der Waals surface area contributed by atoms with Crippen molar-refractivity contribution >= 4 is 29.2 Å². The molecule has 216 valence electrons. The van der Waals surface area contributed by atoms with Gasteiger partial charge in [-0.25, -0.2) is 4.79 Å². The summed E-state index contributed by atoms with van der Waals surface area (Å²) in [5.41, 5.74) is 3.37. The number of amides is 2. The van der Waals surface area contributed by atoms with Crippen LogP contribution in [0.5, 0.6) is 0 Å². The first kappa shape index (κ1) is 27.6. The molecule has 2 N–H and O–H groups in total. The molecule has 2 amide bonds. The lowest BCUT2D eigenvalue weighted by atomic mass is 9.89. The molecule has 10 heteroatoms. The zero-order valence-corrected chi connectivity index (χ0v) is 23.7. The summed E-state index contributed by atoms with van der Waals surface area (Å²) in [7, 11) is 3.46. The Morgan fingerprint density at radius 2 is 1.76 bits per heavy atom. The lowest BCUT2D eigenvalue weighted by Crippen LogP contribution is -2.54. The maximum atomic E-state index is 13.3. The molecule has 2 aromatic rings. The van der Waals surface area contributed by atoms with Crippen LogP contribution in [0.3, 0.4) is 0 Å². The number of hydrogen-bond donors (Lipinski definition) is 2. The Bertz CT molecular complexity index is 1340. The molecule has 4 heterocycles. The van der Waals surface area contributed by atoms with Crippen molar-refractivity contribution < 1.29 is 19.1 Å². The minimum Gasteiger partial charge on any atom is -0.465 e. The van der Waals surface area contributed by atoms with Gasteiger partial charge in [-0.05, 0) is 49.6 Å². The average Bonchev–Trinajstić information content (AvgIpc) is 3.56. The number of hydrogen-bond acceptors (Lipinski definition) is 8. The van der Waals surface area contributed by atoms with Crippen molar-refractivity contribution in [3.8, 4) is 0 Å². The highest BCUT2D eigenvalue weighted by molar-refractivity contribution is 6.24. The van der Waals surface area contributed by atoms with Gasteiger partial charge in [-0.3, -0.25) is 24.8 Å². The van der Waals surface area contributed by atoms with Gasteiger partial charge in [-0.1, -0.05) is 36.4 Å². The number of anilines is 1. The van der Waals surface area contributed by atoms with Crippen LogP contribution >= 0.6 is 0 Å². The number of esters is 1. The molecule has 0 spiro atoms. The van der Waals surface area contributed by atoms with Crippen molar-refractivity contribution in [3.05, 3.63) is 65.2 Å². The molecule has 4 unspecified atom stereocenters. The van der Waals surface area contributed by atoms with E-state index in [1.165, 1.54) is 7.11 Å². The van der Waals surface area contributed by atoms with Crippen LogP contribution < -0.4 is 10.6 Å². The van der Waals surface area contributed by atoms with Gasteiger partial charge in [-0.15, -0.1) is 0 Å². The number of methoxy groups -OCH3 is 1. The van der Waals surface area contributed by atoms with Crippen LogP contribution in [0.2, 0.25) is 0 Å². The molecular weight excluding hydrogens is 520 g/mol. The Morgan fingerprint density at radius 3 is 2.51 bits per heavy atom. The highest BCUT2D eigenvalue weighted by Gasteiger charge is 2.42. The summed E-state index contributed by atoms with van der Waals surface area (Å²) in [6.07, 6.45) is 2.39. The highest BCUT2D eigenvalue weighted by atomic mass is 16.5. The third-order valence-electron chi connectivity index (χ3n) is 8.91. The fourth-order valence-corrected chi connectivity index (χ4v) is 6.63. The van der Waals surface area contributed by atoms with Crippen LogP contribution in [-0.2, 0) is 14.3 Å². The molecule has 0 aliphatic carbocycles. The van der Waals surface area contributed by atoms with Crippen LogP contribution in [0.1, 0.15) is 46.7 Å². The molecule has 0 aromatic heterocycles. The molecule has 4 atom stereocenters. The third kappa shape index (κ3) is 5.64. The first-order valence-electron chi connectivity index (χ1n) is 14.5. The zero-order chi connectivity index (χ0) is 28.5. The minimum atomic E-state index is -0.594. The summed E-state index contributed by atoms with van der Waals surface area (Å²) in [5.74, 6) is -0.985. The normalized spacial score (nSPS) is 26.8. The monoisotopic (exact) mass is 558 g/mol. The van der Waals surface area contributed by atoms with Crippen LogP contribution in [0.25, 0.3) is 0 Å². The van der Waals surface area contributed by atoms with Crippen molar-refractivity contribution in [2.24, 2.45) is 4.99 Å². The second-order valence-electron chi connectivity index (χ2n) is 11.5. The lowest BCUT2D eigenvalue weighted by molar-refractivity contribution is -0.134. The Kier molecular flexibility index (Phi) is 7.88. The number of nitrogens with zero attached hydrogens (tertiary/aromatic N) is 4. The number of ether oxygens (including phenoxy) is 1. The van der Waals surface area contributed by atoms with E-state index in [0.717, 1.165) is 63.1 Å². The van der Waals surface area contributed by atoms with Crippen molar-refractivity contribution in [3.63, 3.8) is 0 Å². The van der Waals surface area contributed by atoms with Crippen LogP contribution in [-0.4, -0.2) is 110 Å². The van der Waals surface area contributed by atoms with Gasteiger partial charge in [0.05, 0.1) is 24.9 Å². The van der Waals surface area contributed by atoms with Crippen LogP contribution in [0.15, 0.2) is 53.5 Å². The predicted octanol–water partition coefficient (Wildman–Crippen LogP) is 1.92. The average molecular weight is 559 g/mol. The number of likely N-dealkylation sites (tertiary alicyclic amines) is 1. The molecule has 0 saturated carbocycles. The molecule has 0 radical (unpaired) electrons. The molecule has 3 fully saturated rings. The highest BCUT2D eigenvalue weighted by Crippen LogP contribution is 2.37. The van der Waals surface area contributed by atoms with Gasteiger partial charge in [0.1, 0.15) is 12.1 Å². The second-order valence-corrected chi connectivity index (χ2v) is 11.5. The number of carbonyl (C=O) groups excluding carboxylic acids is 3. The molecule has 4 aliphatic heterocycles. The van der Waals surface area contributed by atoms with Crippen LogP contribution in [0.4, 0.5) is 5.69 Å². The summed E-state index contributed by atoms with van der Waals surface area (Å²) in [5, 5.41) is 6.66. The van der Waals surface area contributed by atoms with E-state index in [1.54, 1.807) is 12.1 Å². The molecule has 10 nitrogen and oxygen atoms in total. The Labute approximate surface area is 240 Å². The smallest absolute Gasteiger partial charge is 0.337 e. The molecular formula is C31H38N6O4. The van der Waals surface area contributed by atoms with E-state index < -0.39 is 11.9 Å². The Hall–Kier alpha value is -3.60. The predicted molar refractivity (Wildman–Crippen MR) is 156 cm³/mol. The number of carbonyl (C=O) groups is 3. The molecule has 3 saturated heterocycles. The van der Waals surface area contributed by atoms with Gasteiger partial charge >= 0.3 is 5.97 Å². The molecule has 4 aliphatic rings. The first-order chi connectivity index (χ1) is 19.9. The number of piperidine rings is 1. The van der Waals surface area contributed by atoms with Gasteiger partial charge in [0.15, 0.2) is 0 Å². The van der Waals surface area contributed by atoms with Crippen molar-refractivity contribution in [2.75, 3.05) is 58.7 Å². The van der Waals surface area contributed by atoms with E-state index in [0.29, 0.717) is 23.5 Å². The number of benzene rings is 2. The van der Waals surface area contributed by atoms with E-state index in [-0.39, 0.29) is 30.1 Å². The van der Waals surface area contributed by atoms with E-state index in [9.17, 15) is 14.4 Å². The van der Waals surface area contributed by atoms with Gasteiger partial charge < -0.3 is 19.9 Å². The van der Waals surface area contributed by atoms with E-state index >= 15 is 0 Å². The maximum Gasteiger partial charge on any atom is 0.337 e. The second kappa shape index (κ2) is 11.7. The van der Waals surface area contributed by atoms with Crippen molar-refractivity contribution in [1.82, 2.24) is 20.0 Å². The fourth-order valence-electron chi connectivity index (χ4n) is 6.63. The Balaban J connectivity index is 1.20. The SMILES string of the molecule is COC(=O)c1ccc2c(c1)NC(=O)C2C(=NC1CCC2C(CCN2C(=O)CN2CCN(C)CC2)N1)c1ccccc1. The van der Waals surface area contributed by atoms with Crippen LogP contribution in [0, 0.1) is 0 Å². The molecule has 6 rings (SSSR count). The minimum absolute atomic E-state index is 0.162. The summed E-state index contributed by atoms with van der Waals surface area (Å²) >= 11 is 0. The van der Waals surface area contributed by atoms with E-state index in [1.807, 2.05) is 36.4 Å². The standard InChI is InChI=1S/C31H38N6O4/c1-35-14-16-36(17-15-35)19-27(38)37-13-12-23-25(37)10-11-26(32-23)34-29(20-6-4-3-5-7-20)28-22-9-8-21(31(40)41-2)18-24(22)33-30(28)39/h3-9,18,23,25-26,28,32H,10-17,19H2,1-2H3,(H,33,39). The summed E-state index contributed by atoms with van der Waals surface area (Å²) in [6.45, 7) is 5.12. The molecule has 2 aromatic carbocycles. The van der Waals surface area contributed by atoms with Gasteiger partial charge in [0.25, 0.3) is 0 Å². The Morgan fingerprint density at radius 1 is 0.976 bits per heavy atom. The summed E-state index contributed by atoms with van der Waals surface area (Å²) < 4.78 is 4.85. The molecule has 41 heavy (non-hydrogen) atoms. The lowest BCUT2D eigenvalue weighted by Gasteiger charge is -2.37. The van der Waals surface area contributed by atoms with Crippen molar-refractivity contribution in [2.45, 2.75) is 43.4 Å². The van der Waals surface area contributed by atoms with E-state index in [4.69, 9.17) is 9.73 Å².